The van der Waals surface area contributed by atoms with Crippen LogP contribution in [-0.4, -0.2) is 96.7 Å². The van der Waals surface area contributed by atoms with Gasteiger partial charge in [-0.15, -0.1) is 0 Å². The SMILES string of the molecule is CCCCC/C=C\C/C=C\C/C=C\C/C=C\CCCC(=O)OC[C@H](COP(=O)(O)OC[C@@H](O)COP(=O)(O)OC[C@@H](COC(=O)CCCCCCC/C=C\C=C/CCCCCC)OC(=O)CCCCCCC/C=C\C/C=C\CCCCC)OC(=O)CCC/C=C\C/C=C\C/C=C\C/C=C\CCCCC. The molecule has 0 aromatic rings. The maximum atomic E-state index is 13.1. The smallest absolute Gasteiger partial charge is 0.462 e. The molecule has 0 saturated heterocycles. The van der Waals surface area contributed by atoms with E-state index in [0.29, 0.717) is 38.5 Å². The zero-order chi connectivity index (χ0) is 76.0. The van der Waals surface area contributed by atoms with Gasteiger partial charge in [-0.2, -0.15) is 0 Å². The normalized spacial score (nSPS) is 14.6. The summed E-state index contributed by atoms with van der Waals surface area (Å²) in [7, 11) is -10.0. The lowest BCUT2D eigenvalue weighted by Crippen LogP contribution is -2.30. The fourth-order valence-corrected chi connectivity index (χ4v) is 11.7. The summed E-state index contributed by atoms with van der Waals surface area (Å²) >= 11 is 0. The quantitative estimate of drug-likeness (QED) is 0.0128. The van der Waals surface area contributed by atoms with E-state index in [-0.39, 0.29) is 25.7 Å². The molecule has 0 spiro atoms. The summed E-state index contributed by atoms with van der Waals surface area (Å²) < 4.78 is 68.5. The topological polar surface area (TPSA) is 237 Å². The fourth-order valence-electron chi connectivity index (χ4n) is 10.1. The first-order chi connectivity index (χ1) is 50.7. The molecule has 0 amide bonds. The Morgan fingerprint density at radius 2 is 0.510 bits per heavy atom. The van der Waals surface area contributed by atoms with Crippen molar-refractivity contribution in [2.75, 3.05) is 39.6 Å². The molecule has 104 heavy (non-hydrogen) atoms. The Balaban J connectivity index is 5.50. The van der Waals surface area contributed by atoms with Crippen molar-refractivity contribution in [3.05, 3.63) is 146 Å². The summed E-state index contributed by atoms with van der Waals surface area (Å²) in [4.78, 5) is 73.0. The fraction of sp³-hybridized carbons (Fsp3) is 0.671. The van der Waals surface area contributed by atoms with E-state index in [0.717, 1.165) is 135 Å². The molecule has 0 aliphatic carbocycles. The van der Waals surface area contributed by atoms with Crippen LogP contribution in [-0.2, 0) is 65.4 Å². The van der Waals surface area contributed by atoms with Crippen molar-refractivity contribution in [3.8, 4) is 0 Å². The lowest BCUT2D eigenvalue weighted by molar-refractivity contribution is -0.161. The summed E-state index contributed by atoms with van der Waals surface area (Å²) in [5.74, 6) is -2.34. The summed E-state index contributed by atoms with van der Waals surface area (Å²) in [6, 6.07) is 0. The van der Waals surface area contributed by atoms with Gasteiger partial charge in [0.1, 0.15) is 19.3 Å². The second-order valence-electron chi connectivity index (χ2n) is 26.3. The number of allylic oxidation sites excluding steroid dienone is 24. The summed E-state index contributed by atoms with van der Waals surface area (Å²) in [6.45, 7) is 4.61. The van der Waals surface area contributed by atoms with Crippen molar-refractivity contribution in [3.63, 3.8) is 0 Å². The van der Waals surface area contributed by atoms with Crippen LogP contribution in [0.5, 0.6) is 0 Å². The van der Waals surface area contributed by atoms with Crippen LogP contribution in [0.3, 0.4) is 0 Å². The molecule has 19 heteroatoms. The Labute approximate surface area is 630 Å². The van der Waals surface area contributed by atoms with Crippen LogP contribution in [0.1, 0.15) is 310 Å². The van der Waals surface area contributed by atoms with Crippen molar-refractivity contribution < 1.29 is 80.2 Å². The molecule has 0 aromatic carbocycles. The number of carbonyl (C=O) groups is 4. The largest absolute Gasteiger partial charge is 0.472 e. The maximum Gasteiger partial charge on any atom is 0.472 e. The van der Waals surface area contributed by atoms with Gasteiger partial charge in [0.15, 0.2) is 12.2 Å². The van der Waals surface area contributed by atoms with E-state index in [1.54, 1.807) is 0 Å². The highest BCUT2D eigenvalue weighted by molar-refractivity contribution is 7.47. The van der Waals surface area contributed by atoms with Crippen LogP contribution in [0.25, 0.3) is 0 Å². The molecule has 0 aromatic heterocycles. The van der Waals surface area contributed by atoms with E-state index >= 15 is 0 Å². The third-order valence-electron chi connectivity index (χ3n) is 16.3. The molecule has 0 rings (SSSR count). The minimum Gasteiger partial charge on any atom is -0.462 e. The molecule has 5 atom stereocenters. The third-order valence-corrected chi connectivity index (χ3v) is 18.2. The third kappa shape index (κ3) is 75.2. The molecule has 0 bridgehead atoms. The van der Waals surface area contributed by atoms with Gasteiger partial charge < -0.3 is 33.8 Å². The molecule has 0 heterocycles. The number of phosphoric ester groups is 2. The molecule has 0 aliphatic rings. The van der Waals surface area contributed by atoms with Crippen LogP contribution < -0.4 is 0 Å². The van der Waals surface area contributed by atoms with E-state index in [1.807, 2.05) is 24.3 Å². The van der Waals surface area contributed by atoms with E-state index in [4.69, 9.17) is 37.0 Å². The van der Waals surface area contributed by atoms with Gasteiger partial charge in [0.05, 0.1) is 26.4 Å². The molecule has 0 fully saturated rings. The van der Waals surface area contributed by atoms with Gasteiger partial charge >= 0.3 is 39.5 Å². The number of rotatable bonds is 74. The standard InChI is InChI=1S/C85H142O17P2/c1-5-9-13-17-21-25-29-33-37-39-43-46-50-54-58-62-66-70-83(88)96-76-81(102-85(90)72-68-64-60-56-52-48-44-40-38-34-30-26-22-18-14-10-6-2)78-100-104(93,94)98-74-79(86)73-97-103(91,92)99-77-80(101-84(89)71-67-63-59-55-51-47-42-36-32-28-24-20-16-12-8-4)75-95-82(87)69-65-61-57-53-49-45-41-35-31-27-23-19-15-11-7-3/h21-22,24-28,31,33-38,41-44,46,48,54,56,58,60,79-81,86H,5-20,23,29-30,32,39-40,45,47,49-53,55,57,59,61-78H2,1-4H3,(H,91,92)(H,93,94)/b25-21-,26-22-,28-24-,31-27-,37-33-,38-34-,41-35-,42-36-,46-43-,48-44-,58-54-,60-56-/t79-,80+,81+/m0/s1. The second-order valence-corrected chi connectivity index (χ2v) is 29.2. The summed E-state index contributed by atoms with van der Waals surface area (Å²) in [5.41, 5.74) is 0. The molecular weight excluding hydrogens is 1350 g/mol. The molecule has 17 nitrogen and oxygen atoms in total. The summed E-state index contributed by atoms with van der Waals surface area (Å²) in [5, 5.41) is 10.6. The highest BCUT2D eigenvalue weighted by Gasteiger charge is 2.30. The molecule has 0 aliphatic heterocycles. The van der Waals surface area contributed by atoms with Gasteiger partial charge in [0.25, 0.3) is 0 Å². The van der Waals surface area contributed by atoms with Crippen molar-refractivity contribution in [2.45, 2.75) is 329 Å². The first kappa shape index (κ1) is 98.9. The molecule has 0 saturated carbocycles. The zero-order valence-electron chi connectivity index (χ0n) is 64.9. The predicted molar refractivity (Wildman–Crippen MR) is 427 cm³/mol. The lowest BCUT2D eigenvalue weighted by atomic mass is 10.1. The Hall–Kier alpha value is -5.06. The lowest BCUT2D eigenvalue weighted by Gasteiger charge is -2.21. The number of hydrogen-bond acceptors (Lipinski definition) is 15. The second kappa shape index (κ2) is 76.1. The van der Waals surface area contributed by atoms with Gasteiger partial charge in [-0.05, 0) is 161 Å². The molecule has 0 radical (unpaired) electrons. The van der Waals surface area contributed by atoms with Crippen LogP contribution in [0.15, 0.2) is 146 Å². The minimum absolute atomic E-state index is 0.00280. The predicted octanol–water partition coefficient (Wildman–Crippen LogP) is 23.4. The van der Waals surface area contributed by atoms with Gasteiger partial charge in [-0.25, -0.2) is 9.13 Å². The highest BCUT2D eigenvalue weighted by Crippen LogP contribution is 2.45. The average molecular weight is 1500 g/mol. The van der Waals surface area contributed by atoms with E-state index in [2.05, 4.69) is 149 Å². The maximum absolute atomic E-state index is 13.1. The zero-order valence-corrected chi connectivity index (χ0v) is 66.7. The van der Waals surface area contributed by atoms with E-state index in [9.17, 15) is 43.2 Å². The first-order valence-corrected chi connectivity index (χ1v) is 43.1. The molecule has 3 N–H and O–H groups in total. The van der Waals surface area contributed by atoms with Gasteiger partial charge in [0, 0.05) is 25.7 Å². The van der Waals surface area contributed by atoms with Gasteiger partial charge in [-0.1, -0.05) is 270 Å². The van der Waals surface area contributed by atoms with E-state index < -0.39 is 97.5 Å². The first-order valence-electron chi connectivity index (χ1n) is 40.1. The number of carbonyl (C=O) groups excluding carboxylic acids is 4. The Bertz CT molecular complexity index is 2540. The van der Waals surface area contributed by atoms with Crippen molar-refractivity contribution in [2.24, 2.45) is 0 Å². The Morgan fingerprint density at radius 1 is 0.279 bits per heavy atom. The number of phosphoric acid groups is 2. The van der Waals surface area contributed by atoms with Gasteiger partial charge in [0.2, 0.25) is 0 Å². The Morgan fingerprint density at radius 3 is 0.846 bits per heavy atom. The number of ether oxygens (including phenoxy) is 4. The molecule has 2 unspecified atom stereocenters. The van der Waals surface area contributed by atoms with Crippen LogP contribution >= 0.6 is 15.6 Å². The van der Waals surface area contributed by atoms with Gasteiger partial charge in [-0.3, -0.25) is 37.3 Å². The average Bonchev–Trinajstić information content (AvgIpc) is 0.926. The molecular formula is C85H142O17P2. The number of unbranched alkanes of at least 4 members (excludes halogenated alkanes) is 25. The van der Waals surface area contributed by atoms with Crippen molar-refractivity contribution >= 4 is 39.5 Å². The van der Waals surface area contributed by atoms with Crippen LogP contribution in [0, 0.1) is 0 Å². The number of hydrogen-bond donors (Lipinski definition) is 3. The van der Waals surface area contributed by atoms with Crippen molar-refractivity contribution in [1.29, 1.82) is 0 Å². The molecule has 594 valence electrons. The van der Waals surface area contributed by atoms with E-state index in [1.165, 1.54) is 83.5 Å². The summed E-state index contributed by atoms with van der Waals surface area (Å²) in [6.07, 6.45) is 86.9. The number of esters is 4. The Kier molecular flexibility index (Phi) is 72.4. The van der Waals surface area contributed by atoms with Crippen LogP contribution in [0.4, 0.5) is 0 Å². The number of aliphatic hydroxyl groups excluding tert-OH is 1. The monoisotopic (exact) mass is 1500 g/mol. The minimum atomic E-state index is -5.01. The van der Waals surface area contributed by atoms with Crippen molar-refractivity contribution in [1.82, 2.24) is 0 Å². The van der Waals surface area contributed by atoms with Crippen LogP contribution in [0.2, 0.25) is 0 Å². The number of aliphatic hydroxyl groups is 1. The highest BCUT2D eigenvalue weighted by atomic mass is 31.2.